The summed E-state index contributed by atoms with van der Waals surface area (Å²) in [5, 5.41) is 3.06. The van der Waals surface area contributed by atoms with E-state index in [-0.39, 0.29) is 0 Å². The first-order chi connectivity index (χ1) is 9.65. The number of aromatic nitrogens is 1. The average molecular weight is 288 g/mol. The molecule has 0 aliphatic heterocycles. The van der Waals surface area contributed by atoms with E-state index in [2.05, 4.69) is 37.0 Å². The third kappa shape index (κ3) is 2.69. The van der Waals surface area contributed by atoms with Crippen molar-refractivity contribution in [2.75, 3.05) is 0 Å². The zero-order chi connectivity index (χ0) is 14.1. The van der Waals surface area contributed by atoms with Crippen LogP contribution in [0, 0.1) is 5.92 Å². The van der Waals surface area contributed by atoms with E-state index in [1.165, 1.54) is 42.2 Å². The van der Waals surface area contributed by atoms with Gasteiger partial charge in [-0.2, -0.15) is 0 Å². The van der Waals surface area contributed by atoms with E-state index in [9.17, 15) is 0 Å². The summed E-state index contributed by atoms with van der Waals surface area (Å²) < 4.78 is 0. The fraction of sp³-hybridized carbons (Fsp3) is 0.500. The highest BCUT2D eigenvalue weighted by molar-refractivity contribution is 6.34. The van der Waals surface area contributed by atoms with Crippen LogP contribution in [0.1, 0.15) is 56.6 Å². The van der Waals surface area contributed by atoms with Crippen molar-refractivity contribution in [3.63, 3.8) is 0 Å². The molecule has 0 atom stereocenters. The molecule has 0 spiro atoms. The molecule has 106 valence electrons. The van der Waals surface area contributed by atoms with Gasteiger partial charge in [-0.15, -0.1) is 0 Å². The first-order valence-corrected chi connectivity index (χ1v) is 8.10. The number of hydrogen-bond donors (Lipinski definition) is 0. The lowest BCUT2D eigenvalue weighted by molar-refractivity contribution is 0.648. The molecule has 0 saturated heterocycles. The molecular formula is C18H22ClN. The Morgan fingerprint density at radius 2 is 1.95 bits per heavy atom. The van der Waals surface area contributed by atoms with Crippen molar-refractivity contribution >= 4 is 22.4 Å². The van der Waals surface area contributed by atoms with Crippen LogP contribution in [0.2, 0.25) is 5.15 Å². The maximum absolute atomic E-state index is 6.33. The second-order valence-corrected chi connectivity index (χ2v) is 6.82. The molecule has 3 rings (SSSR count). The summed E-state index contributed by atoms with van der Waals surface area (Å²) in [6, 6.07) is 6.84. The molecule has 0 N–H and O–H groups in total. The van der Waals surface area contributed by atoms with Gasteiger partial charge in [0.1, 0.15) is 5.15 Å². The van der Waals surface area contributed by atoms with Crippen LogP contribution in [0.4, 0.5) is 0 Å². The Bertz CT molecular complexity index is 612. The van der Waals surface area contributed by atoms with Crippen LogP contribution in [0.3, 0.4) is 0 Å². The second-order valence-electron chi connectivity index (χ2n) is 6.46. The summed E-state index contributed by atoms with van der Waals surface area (Å²) in [5.41, 5.74) is 2.76. The Morgan fingerprint density at radius 3 is 2.65 bits per heavy atom. The topological polar surface area (TPSA) is 12.9 Å². The predicted molar refractivity (Wildman–Crippen MR) is 86.5 cm³/mol. The summed E-state index contributed by atoms with van der Waals surface area (Å²) in [6.07, 6.45) is 8.37. The normalized spacial score (nSPS) is 16.4. The largest absolute Gasteiger partial charge is 0.244 e. The Kier molecular flexibility index (Phi) is 3.98. The van der Waals surface area contributed by atoms with Gasteiger partial charge in [-0.25, -0.2) is 4.98 Å². The minimum absolute atomic E-state index is 0.635. The van der Waals surface area contributed by atoms with E-state index in [1.54, 1.807) is 0 Å². The van der Waals surface area contributed by atoms with Gasteiger partial charge in [0.25, 0.3) is 0 Å². The zero-order valence-corrected chi connectivity index (χ0v) is 13.1. The fourth-order valence-corrected chi connectivity index (χ4v) is 3.61. The van der Waals surface area contributed by atoms with Crippen molar-refractivity contribution in [2.24, 2.45) is 5.92 Å². The molecular weight excluding hydrogens is 266 g/mol. The monoisotopic (exact) mass is 287 g/mol. The Labute approximate surface area is 126 Å². The summed E-state index contributed by atoms with van der Waals surface area (Å²) >= 11 is 6.33. The maximum Gasteiger partial charge on any atom is 0.136 e. The van der Waals surface area contributed by atoms with Crippen LogP contribution in [0.25, 0.3) is 10.8 Å². The number of halogens is 1. The quantitative estimate of drug-likeness (QED) is 0.656. The number of benzene rings is 1. The van der Waals surface area contributed by atoms with Crippen LogP contribution in [0.5, 0.6) is 0 Å². The van der Waals surface area contributed by atoms with E-state index in [0.29, 0.717) is 11.1 Å². The molecule has 1 aliphatic carbocycles. The van der Waals surface area contributed by atoms with Gasteiger partial charge >= 0.3 is 0 Å². The number of fused-ring (bicyclic) bond motifs is 1. The number of nitrogens with zero attached hydrogens (tertiary/aromatic N) is 1. The Morgan fingerprint density at radius 1 is 1.20 bits per heavy atom. The minimum Gasteiger partial charge on any atom is -0.244 e. The number of pyridine rings is 1. The highest BCUT2D eigenvalue weighted by Gasteiger charge is 2.18. The van der Waals surface area contributed by atoms with E-state index in [0.717, 1.165) is 17.7 Å². The van der Waals surface area contributed by atoms with Gasteiger partial charge < -0.3 is 0 Å². The lowest BCUT2D eigenvalue weighted by Crippen LogP contribution is -1.98. The summed E-state index contributed by atoms with van der Waals surface area (Å²) in [6.45, 7) is 4.49. The highest BCUT2D eigenvalue weighted by Crippen LogP contribution is 2.36. The number of hydrogen-bond acceptors (Lipinski definition) is 1. The Balaban J connectivity index is 2.06. The van der Waals surface area contributed by atoms with E-state index >= 15 is 0 Å². The SMILES string of the molecule is CC(C)Cc1cnc(Cl)c2cc(C3CCCC3)ccc12. The third-order valence-electron chi connectivity index (χ3n) is 4.40. The van der Waals surface area contributed by atoms with Gasteiger partial charge in [0.15, 0.2) is 0 Å². The molecule has 1 aromatic carbocycles. The lowest BCUT2D eigenvalue weighted by atomic mass is 9.93. The molecule has 1 nitrogen and oxygen atoms in total. The fourth-order valence-electron chi connectivity index (χ4n) is 3.40. The summed E-state index contributed by atoms with van der Waals surface area (Å²) in [5.74, 6) is 1.36. The molecule has 0 unspecified atom stereocenters. The van der Waals surface area contributed by atoms with Crippen LogP contribution in [-0.4, -0.2) is 4.98 Å². The first-order valence-electron chi connectivity index (χ1n) is 7.72. The zero-order valence-electron chi connectivity index (χ0n) is 12.3. The van der Waals surface area contributed by atoms with E-state index in [1.807, 2.05) is 6.20 Å². The van der Waals surface area contributed by atoms with Gasteiger partial charge in [-0.05, 0) is 53.7 Å². The van der Waals surface area contributed by atoms with Crippen LogP contribution in [0.15, 0.2) is 24.4 Å². The van der Waals surface area contributed by atoms with Crippen molar-refractivity contribution in [2.45, 2.75) is 51.9 Å². The lowest BCUT2D eigenvalue weighted by Gasteiger charge is -2.14. The van der Waals surface area contributed by atoms with Crippen molar-refractivity contribution in [3.8, 4) is 0 Å². The summed E-state index contributed by atoms with van der Waals surface area (Å²) in [7, 11) is 0. The molecule has 1 aliphatic rings. The van der Waals surface area contributed by atoms with Gasteiger partial charge in [0.05, 0.1) is 0 Å². The predicted octanol–water partition coefficient (Wildman–Crippen LogP) is 5.74. The van der Waals surface area contributed by atoms with Crippen LogP contribution >= 0.6 is 11.6 Å². The van der Waals surface area contributed by atoms with Gasteiger partial charge in [0, 0.05) is 11.6 Å². The molecule has 2 heteroatoms. The highest BCUT2D eigenvalue weighted by atomic mass is 35.5. The van der Waals surface area contributed by atoms with E-state index in [4.69, 9.17) is 11.6 Å². The molecule has 2 aromatic rings. The summed E-state index contributed by atoms with van der Waals surface area (Å²) in [4.78, 5) is 4.39. The van der Waals surface area contributed by atoms with Crippen molar-refractivity contribution < 1.29 is 0 Å². The van der Waals surface area contributed by atoms with Crippen LogP contribution < -0.4 is 0 Å². The molecule has 0 radical (unpaired) electrons. The van der Waals surface area contributed by atoms with Gasteiger partial charge in [-0.3, -0.25) is 0 Å². The Hall–Kier alpha value is -1.08. The van der Waals surface area contributed by atoms with Crippen molar-refractivity contribution in [1.82, 2.24) is 4.98 Å². The van der Waals surface area contributed by atoms with E-state index < -0.39 is 0 Å². The minimum atomic E-state index is 0.635. The molecule has 1 aromatic heterocycles. The molecule has 1 saturated carbocycles. The second kappa shape index (κ2) is 5.73. The molecule has 20 heavy (non-hydrogen) atoms. The number of rotatable bonds is 3. The molecule has 0 amide bonds. The van der Waals surface area contributed by atoms with Crippen LogP contribution in [-0.2, 0) is 6.42 Å². The van der Waals surface area contributed by atoms with Gasteiger partial charge in [-0.1, -0.05) is 50.4 Å². The molecule has 0 bridgehead atoms. The van der Waals surface area contributed by atoms with Crippen molar-refractivity contribution in [3.05, 3.63) is 40.7 Å². The third-order valence-corrected chi connectivity index (χ3v) is 4.70. The maximum atomic E-state index is 6.33. The van der Waals surface area contributed by atoms with Crippen molar-refractivity contribution in [1.29, 1.82) is 0 Å². The average Bonchev–Trinajstić information content (AvgIpc) is 2.95. The molecule has 1 fully saturated rings. The molecule has 1 heterocycles. The van der Waals surface area contributed by atoms with Gasteiger partial charge in [0.2, 0.25) is 0 Å². The first kappa shape index (κ1) is 13.9. The smallest absolute Gasteiger partial charge is 0.136 e. The standard InChI is InChI=1S/C18H22ClN/c1-12(2)9-15-11-20-18(19)17-10-14(7-8-16(15)17)13-5-3-4-6-13/h7-8,10-13H,3-6,9H2,1-2H3.